The number of pyridine rings is 1. The first kappa shape index (κ1) is 19.5. The smallest absolute Gasteiger partial charge is 0.254 e. The van der Waals surface area contributed by atoms with Gasteiger partial charge in [0, 0.05) is 6.20 Å². The number of halogens is 1. The fourth-order valence-electron chi connectivity index (χ4n) is 2.78. The van der Waals surface area contributed by atoms with Gasteiger partial charge in [0.05, 0.1) is 16.6 Å². The Morgan fingerprint density at radius 3 is 2.73 bits per heavy atom. The Morgan fingerprint density at radius 2 is 1.97 bits per heavy atom. The molecule has 4 aromatic rings. The zero-order valence-electron chi connectivity index (χ0n) is 15.5. The van der Waals surface area contributed by atoms with Crippen LogP contribution in [0.4, 0.5) is 9.52 Å². The average Bonchev–Trinajstić information content (AvgIpc) is 3.12. The molecule has 0 unspecified atom stereocenters. The summed E-state index contributed by atoms with van der Waals surface area (Å²) in [4.78, 5) is 32.0. The van der Waals surface area contributed by atoms with Crippen molar-refractivity contribution in [1.29, 1.82) is 0 Å². The third kappa shape index (κ3) is 4.26. The molecule has 0 saturated heterocycles. The third-order valence-corrected chi connectivity index (χ3v) is 5.10. The number of anilines is 1. The molecule has 0 bridgehead atoms. The third-order valence-electron chi connectivity index (χ3n) is 4.14. The van der Waals surface area contributed by atoms with Crippen LogP contribution in [-0.2, 0) is 11.2 Å². The van der Waals surface area contributed by atoms with Crippen molar-refractivity contribution in [3.63, 3.8) is 0 Å². The van der Waals surface area contributed by atoms with Crippen LogP contribution in [-0.4, -0.2) is 21.8 Å². The van der Waals surface area contributed by atoms with E-state index in [9.17, 15) is 14.0 Å². The summed E-state index contributed by atoms with van der Waals surface area (Å²) in [6.45, 7) is 0. The van der Waals surface area contributed by atoms with Crippen LogP contribution in [0.15, 0.2) is 60.8 Å². The number of thiazole rings is 1. The fourth-order valence-corrected chi connectivity index (χ4v) is 3.66. The van der Waals surface area contributed by atoms with Crippen molar-refractivity contribution in [3.05, 3.63) is 77.7 Å². The van der Waals surface area contributed by atoms with E-state index in [2.05, 4.69) is 15.3 Å². The minimum absolute atomic E-state index is 0.0381. The first-order valence-corrected chi connectivity index (χ1v) is 9.68. The molecule has 9 heteroatoms. The first-order valence-electron chi connectivity index (χ1n) is 8.86. The number of nitrogens with zero attached hydrogens (tertiary/aromatic N) is 2. The van der Waals surface area contributed by atoms with Crippen molar-refractivity contribution in [3.8, 4) is 11.6 Å². The molecule has 4 rings (SSSR count). The van der Waals surface area contributed by atoms with Crippen LogP contribution < -0.4 is 15.8 Å². The van der Waals surface area contributed by atoms with Crippen LogP contribution in [0.3, 0.4) is 0 Å². The van der Waals surface area contributed by atoms with E-state index in [-0.39, 0.29) is 29.5 Å². The quantitative estimate of drug-likeness (QED) is 0.490. The molecule has 2 amide bonds. The first-order chi connectivity index (χ1) is 14.5. The molecule has 2 aromatic carbocycles. The molecular formula is C21H15FN4O3S. The van der Waals surface area contributed by atoms with E-state index in [1.165, 1.54) is 41.8 Å². The second-order valence-electron chi connectivity index (χ2n) is 6.30. The predicted molar refractivity (Wildman–Crippen MR) is 111 cm³/mol. The topological polar surface area (TPSA) is 107 Å². The number of nitrogens with one attached hydrogen (secondary N) is 1. The van der Waals surface area contributed by atoms with E-state index < -0.39 is 11.7 Å². The fraction of sp³-hybridized carbons (Fsp3) is 0.0476. The molecule has 0 spiro atoms. The molecule has 3 N–H and O–H groups in total. The van der Waals surface area contributed by atoms with Crippen molar-refractivity contribution < 1.29 is 18.7 Å². The summed E-state index contributed by atoms with van der Waals surface area (Å²) >= 11 is 1.36. The zero-order valence-corrected chi connectivity index (χ0v) is 16.3. The van der Waals surface area contributed by atoms with E-state index in [1.807, 2.05) is 24.3 Å². The Hall–Kier alpha value is -3.85. The monoisotopic (exact) mass is 422 g/mol. The molecule has 0 fully saturated rings. The highest BCUT2D eigenvalue weighted by molar-refractivity contribution is 7.22. The van der Waals surface area contributed by atoms with Gasteiger partial charge in [-0.2, -0.15) is 0 Å². The number of rotatable bonds is 6. The van der Waals surface area contributed by atoms with Gasteiger partial charge < -0.3 is 15.8 Å². The SMILES string of the molecule is NC(=O)c1cccnc1Oc1ccc(CC(=O)Nc2nc3ccccc3s2)cc1F. The van der Waals surface area contributed by atoms with Crippen LogP contribution in [0.1, 0.15) is 15.9 Å². The second kappa shape index (κ2) is 8.26. The lowest BCUT2D eigenvalue weighted by molar-refractivity contribution is -0.115. The number of carbonyl (C=O) groups is 2. The number of hydrogen-bond acceptors (Lipinski definition) is 6. The van der Waals surface area contributed by atoms with Gasteiger partial charge in [-0.25, -0.2) is 14.4 Å². The summed E-state index contributed by atoms with van der Waals surface area (Å²) in [7, 11) is 0. The van der Waals surface area contributed by atoms with Crippen molar-refractivity contribution in [2.24, 2.45) is 5.73 Å². The highest BCUT2D eigenvalue weighted by atomic mass is 32.1. The zero-order chi connectivity index (χ0) is 21.1. The summed E-state index contributed by atoms with van der Waals surface area (Å²) in [5.41, 5.74) is 6.56. The highest BCUT2D eigenvalue weighted by Crippen LogP contribution is 2.27. The Labute approximate surface area is 174 Å². The predicted octanol–water partition coefficient (Wildman–Crippen LogP) is 3.90. The standard InChI is InChI=1S/C21H15FN4O3S/c22-14-10-12(7-8-16(14)29-20-13(19(23)28)4-3-9-24-20)11-18(27)26-21-25-15-5-1-2-6-17(15)30-21/h1-10H,11H2,(H2,23,28)(H,25,26,27). The summed E-state index contributed by atoms with van der Waals surface area (Å²) in [5, 5.41) is 3.21. The molecular weight excluding hydrogens is 407 g/mol. The van der Waals surface area contributed by atoms with E-state index in [0.29, 0.717) is 10.7 Å². The van der Waals surface area contributed by atoms with Crippen molar-refractivity contribution in [2.75, 3.05) is 5.32 Å². The number of ether oxygens (including phenoxy) is 1. The number of fused-ring (bicyclic) bond motifs is 1. The number of para-hydroxylation sites is 1. The number of aromatic nitrogens is 2. The van der Waals surface area contributed by atoms with Gasteiger partial charge in [-0.1, -0.05) is 29.5 Å². The van der Waals surface area contributed by atoms with Crippen molar-refractivity contribution >= 4 is 38.5 Å². The number of nitrogens with two attached hydrogens (primary N) is 1. The maximum Gasteiger partial charge on any atom is 0.254 e. The molecule has 0 radical (unpaired) electrons. The molecule has 0 aliphatic carbocycles. The van der Waals surface area contributed by atoms with Crippen LogP contribution >= 0.6 is 11.3 Å². The molecule has 7 nitrogen and oxygen atoms in total. The number of benzene rings is 2. The normalized spacial score (nSPS) is 10.7. The minimum Gasteiger partial charge on any atom is -0.435 e. The number of amides is 2. The molecule has 0 saturated carbocycles. The van der Waals surface area contributed by atoms with Crippen molar-refractivity contribution in [2.45, 2.75) is 6.42 Å². The Bertz CT molecular complexity index is 1220. The van der Waals surface area contributed by atoms with Crippen LogP contribution in [0.5, 0.6) is 11.6 Å². The van der Waals surface area contributed by atoms with E-state index >= 15 is 0 Å². The Balaban J connectivity index is 1.45. The molecule has 150 valence electrons. The highest BCUT2D eigenvalue weighted by Gasteiger charge is 2.15. The van der Waals surface area contributed by atoms with Crippen LogP contribution in [0, 0.1) is 5.82 Å². The van der Waals surface area contributed by atoms with E-state index in [4.69, 9.17) is 10.5 Å². The van der Waals surface area contributed by atoms with E-state index in [0.717, 1.165) is 10.2 Å². The molecule has 2 heterocycles. The molecule has 2 aromatic heterocycles. The van der Waals surface area contributed by atoms with Gasteiger partial charge in [-0.15, -0.1) is 0 Å². The maximum absolute atomic E-state index is 14.5. The molecule has 0 aliphatic heterocycles. The molecule has 0 aliphatic rings. The van der Waals surface area contributed by atoms with Gasteiger partial charge in [0.25, 0.3) is 5.91 Å². The molecule has 30 heavy (non-hydrogen) atoms. The van der Waals surface area contributed by atoms with Gasteiger partial charge in [-0.3, -0.25) is 9.59 Å². The second-order valence-corrected chi connectivity index (χ2v) is 7.33. The summed E-state index contributed by atoms with van der Waals surface area (Å²) in [5.74, 6) is -1.97. The number of hydrogen-bond donors (Lipinski definition) is 2. The van der Waals surface area contributed by atoms with Crippen LogP contribution in [0.25, 0.3) is 10.2 Å². The average molecular weight is 422 g/mol. The lowest BCUT2D eigenvalue weighted by Gasteiger charge is -2.09. The van der Waals surface area contributed by atoms with Crippen molar-refractivity contribution in [1.82, 2.24) is 9.97 Å². The van der Waals surface area contributed by atoms with Crippen LogP contribution in [0.2, 0.25) is 0 Å². The summed E-state index contributed by atoms with van der Waals surface area (Å²) in [6.07, 6.45) is 1.36. The Kier molecular flexibility index (Phi) is 5.36. The minimum atomic E-state index is -0.735. The summed E-state index contributed by atoms with van der Waals surface area (Å²) in [6, 6.07) is 14.6. The number of carbonyl (C=O) groups excluding carboxylic acids is 2. The van der Waals surface area contributed by atoms with Gasteiger partial charge in [0.2, 0.25) is 11.8 Å². The lowest BCUT2D eigenvalue weighted by atomic mass is 10.1. The van der Waals surface area contributed by atoms with Gasteiger partial charge in [0.15, 0.2) is 16.7 Å². The lowest BCUT2D eigenvalue weighted by Crippen LogP contribution is -2.14. The van der Waals surface area contributed by atoms with Gasteiger partial charge >= 0.3 is 0 Å². The molecule has 0 atom stereocenters. The van der Waals surface area contributed by atoms with E-state index in [1.54, 1.807) is 6.07 Å². The summed E-state index contributed by atoms with van der Waals surface area (Å²) < 4.78 is 20.8. The van der Waals surface area contributed by atoms with Gasteiger partial charge in [-0.05, 0) is 42.0 Å². The Morgan fingerprint density at radius 1 is 1.13 bits per heavy atom. The number of primary amides is 1. The van der Waals surface area contributed by atoms with Gasteiger partial charge in [0.1, 0.15) is 5.56 Å². The largest absolute Gasteiger partial charge is 0.435 e. The maximum atomic E-state index is 14.5.